The van der Waals surface area contributed by atoms with Crippen LogP contribution in [0.2, 0.25) is 0 Å². The van der Waals surface area contributed by atoms with E-state index in [4.69, 9.17) is 9.97 Å². The molecule has 156 valence electrons. The van der Waals surface area contributed by atoms with E-state index in [1.807, 2.05) is 6.92 Å². The van der Waals surface area contributed by atoms with Crippen molar-refractivity contribution in [2.24, 2.45) is 0 Å². The molecule has 0 atom stereocenters. The van der Waals surface area contributed by atoms with E-state index in [0.717, 1.165) is 64.8 Å². The summed E-state index contributed by atoms with van der Waals surface area (Å²) in [6, 6.07) is 23.8. The number of fused-ring (bicyclic) bond motifs is 1. The normalized spacial score (nSPS) is 11.1. The summed E-state index contributed by atoms with van der Waals surface area (Å²) in [6.07, 6.45) is 4.07. The Bertz CT molecular complexity index is 1220. The van der Waals surface area contributed by atoms with Gasteiger partial charge in [0.15, 0.2) is 0 Å². The van der Waals surface area contributed by atoms with Crippen molar-refractivity contribution in [1.82, 2.24) is 9.97 Å². The zero-order valence-electron chi connectivity index (χ0n) is 18.8. The summed E-state index contributed by atoms with van der Waals surface area (Å²) in [7, 11) is 0. The van der Waals surface area contributed by atoms with Gasteiger partial charge in [-0.3, -0.25) is 0 Å². The monoisotopic (exact) mass is 406 g/mol. The average molecular weight is 407 g/mol. The molecule has 0 amide bonds. The quantitative estimate of drug-likeness (QED) is 0.320. The van der Waals surface area contributed by atoms with Gasteiger partial charge in [-0.25, -0.2) is 9.97 Å². The predicted molar refractivity (Wildman–Crippen MR) is 132 cm³/mol. The third-order valence-electron chi connectivity index (χ3n) is 5.83. The number of hydrogen-bond acceptors (Lipinski definition) is 2. The molecule has 0 N–H and O–H groups in total. The van der Waals surface area contributed by atoms with E-state index < -0.39 is 0 Å². The summed E-state index contributed by atoms with van der Waals surface area (Å²) < 4.78 is 0. The number of allylic oxidation sites excluding steroid dienone is 1. The van der Waals surface area contributed by atoms with Crippen molar-refractivity contribution in [3.8, 4) is 11.3 Å². The summed E-state index contributed by atoms with van der Waals surface area (Å²) in [5, 5.41) is 0. The summed E-state index contributed by atoms with van der Waals surface area (Å²) >= 11 is 0. The van der Waals surface area contributed by atoms with Gasteiger partial charge in [-0.1, -0.05) is 79.2 Å². The Labute approximate surface area is 185 Å². The molecular weight excluding hydrogens is 376 g/mol. The highest BCUT2D eigenvalue weighted by molar-refractivity contribution is 5.82. The van der Waals surface area contributed by atoms with E-state index in [2.05, 4.69) is 87.2 Å². The highest BCUT2D eigenvalue weighted by atomic mass is 14.8. The smallest absolute Gasteiger partial charge is 0.0925 e. The zero-order valence-corrected chi connectivity index (χ0v) is 18.8. The van der Waals surface area contributed by atoms with Crippen LogP contribution >= 0.6 is 0 Å². The predicted octanol–water partition coefficient (Wildman–Crippen LogP) is 7.38. The fraction of sp³-hybridized carbons (Fsp3) is 0.241. The maximum absolute atomic E-state index is 5.08. The van der Waals surface area contributed by atoms with Crippen LogP contribution in [-0.4, -0.2) is 9.97 Å². The summed E-state index contributed by atoms with van der Waals surface area (Å²) in [5.41, 5.74) is 11.3. The van der Waals surface area contributed by atoms with Crippen molar-refractivity contribution in [1.29, 1.82) is 0 Å². The minimum Gasteiger partial charge on any atom is -0.249 e. The molecule has 0 spiro atoms. The van der Waals surface area contributed by atoms with Crippen LogP contribution in [0.5, 0.6) is 0 Å². The molecule has 4 aromatic rings. The topological polar surface area (TPSA) is 25.8 Å². The van der Waals surface area contributed by atoms with Crippen molar-refractivity contribution in [2.75, 3.05) is 0 Å². The van der Waals surface area contributed by atoms with Crippen molar-refractivity contribution in [2.45, 2.75) is 46.5 Å². The molecule has 0 aliphatic carbocycles. The first-order valence-electron chi connectivity index (χ1n) is 11.1. The van der Waals surface area contributed by atoms with E-state index >= 15 is 0 Å². The molecule has 2 heteroatoms. The van der Waals surface area contributed by atoms with Crippen LogP contribution in [0.4, 0.5) is 0 Å². The summed E-state index contributed by atoms with van der Waals surface area (Å²) in [6.45, 7) is 10.4. The molecule has 31 heavy (non-hydrogen) atoms. The molecule has 0 unspecified atom stereocenters. The van der Waals surface area contributed by atoms with Crippen LogP contribution in [-0.2, 0) is 19.3 Å². The Balaban J connectivity index is 1.68. The van der Waals surface area contributed by atoms with Gasteiger partial charge in [-0.15, -0.1) is 0 Å². The molecule has 3 aromatic carbocycles. The first-order valence-corrected chi connectivity index (χ1v) is 11.1. The second-order valence-corrected chi connectivity index (χ2v) is 8.40. The summed E-state index contributed by atoms with van der Waals surface area (Å²) in [4.78, 5) is 10.1. The first-order chi connectivity index (χ1) is 15.0. The molecule has 0 radical (unpaired) electrons. The largest absolute Gasteiger partial charge is 0.249 e. The molecule has 0 fully saturated rings. The standard InChI is InChI=1S/C29H30N2/c1-5-22-8-6-9-23(18-22)10-7-11-27-29(24-14-12-21(4)13-15-24)31-26-17-16-25(20(2)3)19-28(26)30-27/h6,8-9,12-19H,2,5,7,10-11H2,1,3-4H3. The molecular formula is C29H30N2. The lowest BCUT2D eigenvalue weighted by Gasteiger charge is -2.12. The number of aryl methyl sites for hydroxylation is 4. The Morgan fingerprint density at radius 2 is 1.61 bits per heavy atom. The van der Waals surface area contributed by atoms with Gasteiger partial charge in [0.25, 0.3) is 0 Å². The van der Waals surface area contributed by atoms with E-state index in [0.29, 0.717) is 0 Å². The van der Waals surface area contributed by atoms with Gasteiger partial charge in [-0.2, -0.15) is 0 Å². The first kappa shape index (κ1) is 21.0. The molecule has 0 aliphatic heterocycles. The van der Waals surface area contributed by atoms with Crippen LogP contribution in [0.15, 0.2) is 73.3 Å². The summed E-state index contributed by atoms with van der Waals surface area (Å²) in [5.74, 6) is 0. The SMILES string of the molecule is C=C(C)c1ccc2nc(-c3ccc(C)cc3)c(CCCc3cccc(CC)c3)nc2c1. The molecule has 1 heterocycles. The average Bonchev–Trinajstić information content (AvgIpc) is 2.79. The van der Waals surface area contributed by atoms with Crippen LogP contribution in [0.25, 0.3) is 27.9 Å². The van der Waals surface area contributed by atoms with Crippen LogP contribution in [0.1, 0.15) is 48.2 Å². The molecule has 0 saturated carbocycles. The molecule has 0 saturated heterocycles. The zero-order chi connectivity index (χ0) is 21.8. The van der Waals surface area contributed by atoms with Gasteiger partial charge in [0.2, 0.25) is 0 Å². The van der Waals surface area contributed by atoms with E-state index in [9.17, 15) is 0 Å². The third-order valence-corrected chi connectivity index (χ3v) is 5.83. The van der Waals surface area contributed by atoms with E-state index in [1.54, 1.807) is 0 Å². The Hall–Kier alpha value is -3.26. The van der Waals surface area contributed by atoms with Gasteiger partial charge in [0, 0.05) is 5.56 Å². The lowest BCUT2D eigenvalue weighted by Crippen LogP contribution is -2.01. The van der Waals surface area contributed by atoms with Gasteiger partial charge >= 0.3 is 0 Å². The molecule has 2 nitrogen and oxygen atoms in total. The van der Waals surface area contributed by atoms with E-state index in [1.165, 1.54) is 16.7 Å². The fourth-order valence-electron chi connectivity index (χ4n) is 3.94. The van der Waals surface area contributed by atoms with Crippen LogP contribution < -0.4 is 0 Å². The van der Waals surface area contributed by atoms with Crippen molar-refractivity contribution in [3.05, 3.63) is 101 Å². The lowest BCUT2D eigenvalue weighted by molar-refractivity contribution is 0.799. The van der Waals surface area contributed by atoms with Gasteiger partial charge in [0.05, 0.1) is 22.4 Å². The number of benzene rings is 3. The Kier molecular flexibility index (Phi) is 6.27. The minimum absolute atomic E-state index is 0.903. The molecule has 1 aromatic heterocycles. The highest BCUT2D eigenvalue weighted by Crippen LogP contribution is 2.27. The Morgan fingerprint density at radius 1 is 0.839 bits per heavy atom. The minimum atomic E-state index is 0.903. The van der Waals surface area contributed by atoms with Gasteiger partial charge in [0.1, 0.15) is 0 Å². The number of nitrogens with zero attached hydrogens (tertiary/aromatic N) is 2. The number of hydrogen-bond donors (Lipinski definition) is 0. The molecule has 0 aliphatic rings. The van der Waals surface area contributed by atoms with Crippen LogP contribution in [0.3, 0.4) is 0 Å². The second kappa shape index (κ2) is 9.26. The molecule has 4 rings (SSSR count). The van der Waals surface area contributed by atoms with Crippen LogP contribution in [0, 0.1) is 6.92 Å². The van der Waals surface area contributed by atoms with E-state index in [-0.39, 0.29) is 0 Å². The fourth-order valence-corrected chi connectivity index (χ4v) is 3.94. The maximum Gasteiger partial charge on any atom is 0.0925 e. The molecule has 0 bridgehead atoms. The highest BCUT2D eigenvalue weighted by Gasteiger charge is 2.12. The Morgan fingerprint density at radius 3 is 2.35 bits per heavy atom. The number of rotatable bonds is 7. The second-order valence-electron chi connectivity index (χ2n) is 8.40. The maximum atomic E-state index is 5.08. The van der Waals surface area contributed by atoms with Crippen molar-refractivity contribution < 1.29 is 0 Å². The van der Waals surface area contributed by atoms with Gasteiger partial charge < -0.3 is 0 Å². The number of aromatic nitrogens is 2. The van der Waals surface area contributed by atoms with Crippen molar-refractivity contribution in [3.63, 3.8) is 0 Å². The van der Waals surface area contributed by atoms with Crippen molar-refractivity contribution >= 4 is 16.6 Å². The third kappa shape index (κ3) is 4.91. The van der Waals surface area contributed by atoms with Gasteiger partial charge in [-0.05, 0) is 68.4 Å². The lowest BCUT2D eigenvalue weighted by atomic mass is 10.0.